The Hall–Kier alpha value is -3.36. The lowest BCUT2D eigenvalue weighted by molar-refractivity contribution is -0.113. The molecule has 3 aromatic rings. The number of pyridine rings is 1. The molecular weight excluding hydrogens is 472 g/mol. The van der Waals surface area contributed by atoms with Crippen molar-refractivity contribution in [3.05, 3.63) is 83.0 Å². The highest BCUT2D eigenvalue weighted by Gasteiger charge is 2.20. The molecule has 3 amide bonds. The van der Waals surface area contributed by atoms with Gasteiger partial charge in [0.1, 0.15) is 0 Å². The molecule has 7 nitrogen and oxygen atoms in total. The van der Waals surface area contributed by atoms with E-state index in [0.717, 1.165) is 25.9 Å². The van der Waals surface area contributed by atoms with E-state index in [4.69, 9.17) is 11.6 Å². The molecule has 1 aromatic heterocycles. The third kappa shape index (κ3) is 6.15. The van der Waals surface area contributed by atoms with Gasteiger partial charge in [-0.25, -0.2) is 4.98 Å². The van der Waals surface area contributed by atoms with E-state index in [9.17, 15) is 14.4 Å². The van der Waals surface area contributed by atoms with Gasteiger partial charge in [0.25, 0.3) is 11.8 Å². The second-order valence-electron chi connectivity index (χ2n) is 7.73. The molecule has 1 aliphatic heterocycles. The topological polar surface area (TPSA) is 91.4 Å². The first-order valence-corrected chi connectivity index (χ1v) is 12.2. The molecule has 174 valence electrons. The number of nitrogens with zero attached hydrogens (tertiary/aromatic N) is 2. The van der Waals surface area contributed by atoms with E-state index < -0.39 is 0 Å². The minimum atomic E-state index is -0.342. The molecule has 1 aliphatic rings. The number of thioether (sulfide) groups is 1. The van der Waals surface area contributed by atoms with Gasteiger partial charge in [0.2, 0.25) is 5.91 Å². The number of para-hydroxylation sites is 1. The number of halogens is 1. The number of nitrogens with one attached hydrogen (secondary N) is 2. The van der Waals surface area contributed by atoms with E-state index in [1.807, 2.05) is 4.90 Å². The average Bonchev–Trinajstić information content (AvgIpc) is 3.39. The summed E-state index contributed by atoms with van der Waals surface area (Å²) < 4.78 is 0. The largest absolute Gasteiger partial charge is 0.339 e. The van der Waals surface area contributed by atoms with Crippen LogP contribution in [0.25, 0.3) is 0 Å². The van der Waals surface area contributed by atoms with Gasteiger partial charge in [-0.2, -0.15) is 0 Å². The van der Waals surface area contributed by atoms with Crippen LogP contribution in [0.5, 0.6) is 0 Å². The predicted octanol–water partition coefficient (Wildman–Crippen LogP) is 4.95. The highest BCUT2D eigenvalue weighted by Crippen LogP contribution is 2.21. The first-order valence-electron chi connectivity index (χ1n) is 10.8. The quantitative estimate of drug-likeness (QED) is 0.453. The van der Waals surface area contributed by atoms with E-state index in [-0.39, 0.29) is 23.5 Å². The van der Waals surface area contributed by atoms with Crippen LogP contribution in [0.3, 0.4) is 0 Å². The summed E-state index contributed by atoms with van der Waals surface area (Å²) in [6.45, 7) is 1.57. The van der Waals surface area contributed by atoms with E-state index in [1.54, 1.807) is 66.9 Å². The Morgan fingerprint density at radius 3 is 2.38 bits per heavy atom. The monoisotopic (exact) mass is 494 g/mol. The van der Waals surface area contributed by atoms with Gasteiger partial charge < -0.3 is 15.5 Å². The first kappa shape index (κ1) is 23.8. The molecule has 0 radical (unpaired) electrons. The van der Waals surface area contributed by atoms with Crippen LogP contribution in [0.15, 0.2) is 71.9 Å². The Morgan fingerprint density at radius 2 is 1.68 bits per heavy atom. The van der Waals surface area contributed by atoms with Crippen molar-refractivity contribution in [2.45, 2.75) is 17.9 Å². The molecule has 9 heteroatoms. The zero-order chi connectivity index (χ0) is 23.9. The number of aromatic nitrogens is 1. The molecule has 0 atom stereocenters. The smallest absolute Gasteiger partial charge is 0.257 e. The van der Waals surface area contributed by atoms with Gasteiger partial charge in [-0.05, 0) is 61.4 Å². The van der Waals surface area contributed by atoms with E-state index in [2.05, 4.69) is 15.6 Å². The number of anilines is 2. The maximum Gasteiger partial charge on any atom is 0.257 e. The fourth-order valence-corrected chi connectivity index (χ4v) is 4.31. The minimum Gasteiger partial charge on any atom is -0.339 e. The van der Waals surface area contributed by atoms with Gasteiger partial charge in [0.15, 0.2) is 0 Å². The number of benzene rings is 2. The van der Waals surface area contributed by atoms with E-state index in [1.165, 1.54) is 11.8 Å². The van der Waals surface area contributed by atoms with Crippen molar-refractivity contribution in [1.29, 1.82) is 0 Å². The molecular formula is C25H23ClN4O3S. The first-order chi connectivity index (χ1) is 16.5. The van der Waals surface area contributed by atoms with Gasteiger partial charge in [-0.15, -0.1) is 0 Å². The van der Waals surface area contributed by atoms with E-state index >= 15 is 0 Å². The summed E-state index contributed by atoms with van der Waals surface area (Å²) in [6.07, 6.45) is 3.62. The van der Waals surface area contributed by atoms with Gasteiger partial charge >= 0.3 is 0 Å². The van der Waals surface area contributed by atoms with Crippen molar-refractivity contribution in [2.75, 3.05) is 29.5 Å². The number of rotatable bonds is 7. The Balaban J connectivity index is 1.33. The standard InChI is InChI=1S/C25H23ClN4O3S/c26-18-8-10-19(11-9-18)28-24(32)20-5-1-2-6-21(20)29-22(31)16-34-23-12-7-17(15-27-23)25(33)30-13-3-4-14-30/h1-2,5-12,15H,3-4,13-14,16H2,(H,28,32)(H,29,31). The zero-order valence-corrected chi connectivity index (χ0v) is 19.9. The van der Waals surface area contributed by atoms with Gasteiger partial charge in [0.05, 0.1) is 27.6 Å². The molecule has 0 unspecified atom stereocenters. The van der Waals surface area contributed by atoms with Crippen LogP contribution in [-0.4, -0.2) is 46.4 Å². The molecule has 2 aromatic carbocycles. The molecule has 0 saturated carbocycles. The van der Waals surface area contributed by atoms with Gasteiger partial charge in [-0.1, -0.05) is 35.5 Å². The van der Waals surface area contributed by atoms with Crippen molar-refractivity contribution < 1.29 is 14.4 Å². The Labute approximate surface area is 206 Å². The van der Waals surface area contributed by atoms with Crippen molar-refractivity contribution in [3.63, 3.8) is 0 Å². The Kier molecular flexibility index (Phi) is 7.82. The van der Waals surface area contributed by atoms with Crippen LogP contribution >= 0.6 is 23.4 Å². The normalized spacial score (nSPS) is 12.9. The lowest BCUT2D eigenvalue weighted by Crippen LogP contribution is -2.27. The van der Waals surface area contributed by atoms with Crippen LogP contribution < -0.4 is 10.6 Å². The van der Waals surface area contributed by atoms with Crippen molar-refractivity contribution in [2.24, 2.45) is 0 Å². The lowest BCUT2D eigenvalue weighted by atomic mass is 10.1. The van der Waals surface area contributed by atoms with E-state index in [0.29, 0.717) is 32.6 Å². The Morgan fingerprint density at radius 1 is 0.941 bits per heavy atom. The molecule has 2 heterocycles. The molecule has 4 rings (SSSR count). The molecule has 0 bridgehead atoms. The van der Waals surface area contributed by atoms with Crippen LogP contribution in [0.1, 0.15) is 33.6 Å². The molecule has 0 aliphatic carbocycles. The van der Waals surface area contributed by atoms with Gasteiger partial charge in [0, 0.05) is 30.0 Å². The second kappa shape index (κ2) is 11.2. The zero-order valence-electron chi connectivity index (χ0n) is 18.3. The van der Waals surface area contributed by atoms with Gasteiger partial charge in [-0.3, -0.25) is 14.4 Å². The maximum absolute atomic E-state index is 12.7. The fourth-order valence-electron chi connectivity index (χ4n) is 3.54. The molecule has 2 N–H and O–H groups in total. The summed E-state index contributed by atoms with van der Waals surface area (Å²) in [5, 5.41) is 6.80. The highest BCUT2D eigenvalue weighted by molar-refractivity contribution is 7.99. The number of carbonyl (C=O) groups is 3. The fraction of sp³-hybridized carbons (Fsp3) is 0.200. The molecule has 34 heavy (non-hydrogen) atoms. The third-order valence-corrected chi connectivity index (χ3v) is 6.47. The number of amides is 3. The maximum atomic E-state index is 12.7. The summed E-state index contributed by atoms with van der Waals surface area (Å²) in [4.78, 5) is 43.8. The van der Waals surface area contributed by atoms with Crippen LogP contribution in [0, 0.1) is 0 Å². The summed E-state index contributed by atoms with van der Waals surface area (Å²) in [7, 11) is 0. The lowest BCUT2D eigenvalue weighted by Gasteiger charge is -2.14. The highest BCUT2D eigenvalue weighted by atomic mass is 35.5. The summed E-state index contributed by atoms with van der Waals surface area (Å²) in [5.41, 5.74) is 1.91. The molecule has 1 saturated heterocycles. The second-order valence-corrected chi connectivity index (χ2v) is 9.16. The third-order valence-electron chi connectivity index (χ3n) is 5.28. The number of carbonyl (C=O) groups excluding carboxylic acids is 3. The van der Waals surface area contributed by atoms with Crippen LogP contribution in [0.4, 0.5) is 11.4 Å². The average molecular weight is 495 g/mol. The molecule has 0 spiro atoms. The minimum absolute atomic E-state index is 0.00669. The van der Waals surface area contributed by atoms with Crippen LogP contribution in [0.2, 0.25) is 5.02 Å². The summed E-state index contributed by atoms with van der Waals surface area (Å²) in [6, 6.07) is 17.1. The SMILES string of the molecule is O=C(CSc1ccc(C(=O)N2CCCC2)cn1)Nc1ccccc1C(=O)Nc1ccc(Cl)cc1. The number of likely N-dealkylation sites (tertiary alicyclic amines) is 1. The number of hydrogen-bond donors (Lipinski definition) is 2. The Bertz CT molecular complexity index is 1180. The van der Waals surface area contributed by atoms with Crippen molar-refractivity contribution in [3.8, 4) is 0 Å². The summed E-state index contributed by atoms with van der Waals surface area (Å²) in [5.74, 6) is -0.506. The van der Waals surface area contributed by atoms with Crippen LogP contribution in [-0.2, 0) is 4.79 Å². The van der Waals surface area contributed by atoms with Crippen molar-refractivity contribution >= 4 is 52.5 Å². The van der Waals surface area contributed by atoms with Crippen molar-refractivity contribution in [1.82, 2.24) is 9.88 Å². The predicted molar refractivity (Wildman–Crippen MR) is 135 cm³/mol. The number of hydrogen-bond acceptors (Lipinski definition) is 5. The summed E-state index contributed by atoms with van der Waals surface area (Å²) >= 11 is 7.14. The molecule has 1 fully saturated rings.